The maximum Gasteiger partial charge on any atom is 0.166 e. The number of para-hydroxylation sites is 1. The molecule has 1 aromatic heterocycles. The van der Waals surface area contributed by atoms with Gasteiger partial charge in [0.25, 0.3) is 0 Å². The predicted molar refractivity (Wildman–Crippen MR) is 70.2 cm³/mol. The maximum absolute atomic E-state index is 9.86. The molecule has 0 saturated heterocycles. The number of pyridine rings is 1. The van der Waals surface area contributed by atoms with Gasteiger partial charge in [0, 0.05) is 24.2 Å². The molecule has 4 heteroatoms. The Hall–Kier alpha value is -2.36. The number of nitrogens with zero attached hydrogens (tertiary/aromatic N) is 2. The van der Waals surface area contributed by atoms with Crippen LogP contribution in [-0.4, -0.2) is 23.4 Å². The Morgan fingerprint density at radius 1 is 1.33 bits per heavy atom. The number of phenolic OH excluding ortho intramolecular Hbond substituents is 1. The molecule has 0 aliphatic rings. The Morgan fingerprint density at radius 3 is 2.94 bits per heavy atom. The van der Waals surface area contributed by atoms with E-state index in [1.54, 1.807) is 30.7 Å². The molecule has 0 unspecified atom stereocenters. The van der Waals surface area contributed by atoms with E-state index < -0.39 is 0 Å². The predicted octanol–water partition coefficient (Wildman–Crippen LogP) is 2.41. The van der Waals surface area contributed by atoms with Crippen molar-refractivity contribution in [1.82, 2.24) is 4.98 Å². The lowest BCUT2D eigenvalue weighted by atomic mass is 10.2. The molecule has 1 heterocycles. The van der Waals surface area contributed by atoms with Crippen molar-refractivity contribution in [3.05, 3.63) is 53.9 Å². The molecule has 0 saturated carbocycles. The number of rotatable bonds is 4. The number of benzene rings is 1. The number of aromatic nitrogens is 1. The fraction of sp³-hybridized carbons (Fsp3) is 0.143. The molecule has 4 nitrogen and oxygen atoms in total. The first-order chi connectivity index (χ1) is 8.81. The normalized spacial score (nSPS) is 10.7. The molecule has 18 heavy (non-hydrogen) atoms. The van der Waals surface area contributed by atoms with Crippen LogP contribution < -0.4 is 4.74 Å². The van der Waals surface area contributed by atoms with Gasteiger partial charge in [-0.1, -0.05) is 12.1 Å². The van der Waals surface area contributed by atoms with Crippen molar-refractivity contribution in [3.8, 4) is 11.5 Å². The average molecular weight is 242 g/mol. The summed E-state index contributed by atoms with van der Waals surface area (Å²) in [6.45, 7) is 0.532. The summed E-state index contributed by atoms with van der Waals surface area (Å²) in [4.78, 5) is 8.28. The van der Waals surface area contributed by atoms with Gasteiger partial charge in [-0.25, -0.2) is 0 Å². The molecular weight excluding hydrogens is 228 g/mol. The molecular formula is C14H14N2O2. The first-order valence-corrected chi connectivity index (χ1v) is 5.56. The largest absolute Gasteiger partial charge is 0.504 e. The second-order valence-electron chi connectivity index (χ2n) is 3.73. The van der Waals surface area contributed by atoms with Crippen LogP contribution in [0.2, 0.25) is 0 Å². The van der Waals surface area contributed by atoms with E-state index in [0.717, 1.165) is 5.56 Å². The fourth-order valence-corrected chi connectivity index (χ4v) is 1.55. The summed E-state index contributed by atoms with van der Waals surface area (Å²) in [5, 5.41) is 9.86. The lowest BCUT2D eigenvalue weighted by Gasteiger charge is -2.04. The summed E-state index contributed by atoms with van der Waals surface area (Å²) >= 11 is 0. The van der Waals surface area contributed by atoms with Gasteiger partial charge < -0.3 is 9.84 Å². The van der Waals surface area contributed by atoms with Crippen LogP contribution in [0.15, 0.2) is 47.7 Å². The smallest absolute Gasteiger partial charge is 0.166 e. The molecule has 0 aliphatic heterocycles. The zero-order valence-corrected chi connectivity index (χ0v) is 10.1. The molecule has 0 bridgehead atoms. The molecule has 92 valence electrons. The van der Waals surface area contributed by atoms with E-state index in [0.29, 0.717) is 17.9 Å². The van der Waals surface area contributed by atoms with Gasteiger partial charge in [-0.05, 0) is 23.8 Å². The zero-order chi connectivity index (χ0) is 12.8. The second-order valence-corrected chi connectivity index (χ2v) is 3.73. The minimum Gasteiger partial charge on any atom is -0.504 e. The summed E-state index contributed by atoms with van der Waals surface area (Å²) < 4.78 is 5.03. The summed E-state index contributed by atoms with van der Waals surface area (Å²) in [7, 11) is 1.52. The van der Waals surface area contributed by atoms with E-state index >= 15 is 0 Å². The van der Waals surface area contributed by atoms with Gasteiger partial charge in [0.15, 0.2) is 11.5 Å². The van der Waals surface area contributed by atoms with Crippen molar-refractivity contribution in [2.45, 2.75) is 6.54 Å². The van der Waals surface area contributed by atoms with E-state index in [2.05, 4.69) is 9.98 Å². The number of phenols is 1. The topological polar surface area (TPSA) is 54.7 Å². The third-order valence-electron chi connectivity index (χ3n) is 2.48. The number of hydrogen-bond acceptors (Lipinski definition) is 4. The Morgan fingerprint density at radius 2 is 2.22 bits per heavy atom. The minimum absolute atomic E-state index is 0.106. The average Bonchev–Trinajstić information content (AvgIpc) is 2.42. The van der Waals surface area contributed by atoms with Crippen molar-refractivity contribution in [2.24, 2.45) is 4.99 Å². The summed E-state index contributed by atoms with van der Waals surface area (Å²) in [6.07, 6.45) is 5.12. The molecule has 0 radical (unpaired) electrons. The van der Waals surface area contributed by atoms with E-state index in [4.69, 9.17) is 4.74 Å². The highest BCUT2D eigenvalue weighted by Crippen LogP contribution is 2.27. The zero-order valence-electron chi connectivity index (χ0n) is 10.1. The van der Waals surface area contributed by atoms with E-state index in [9.17, 15) is 5.11 Å². The Balaban J connectivity index is 2.10. The third kappa shape index (κ3) is 2.85. The van der Waals surface area contributed by atoms with Crippen molar-refractivity contribution >= 4 is 6.21 Å². The SMILES string of the molecule is COc1cccc(C=NCc2cccnc2)c1O. The standard InChI is InChI=1S/C14H14N2O2/c1-18-13-6-2-5-12(14(13)17)10-16-9-11-4-3-7-15-8-11/h2-8,10,17H,9H2,1H3. The number of hydrogen-bond donors (Lipinski definition) is 1. The number of aliphatic imine (C=N–C) groups is 1. The Kier molecular flexibility index (Phi) is 3.91. The van der Waals surface area contributed by atoms with Gasteiger partial charge in [-0.2, -0.15) is 0 Å². The van der Waals surface area contributed by atoms with Crippen molar-refractivity contribution in [1.29, 1.82) is 0 Å². The summed E-state index contributed by atoms with van der Waals surface area (Å²) in [5.41, 5.74) is 1.66. The molecule has 0 spiro atoms. The highest BCUT2D eigenvalue weighted by molar-refractivity contribution is 5.84. The maximum atomic E-state index is 9.86. The summed E-state index contributed by atoms with van der Waals surface area (Å²) in [5.74, 6) is 0.551. The quantitative estimate of drug-likeness (QED) is 0.838. The van der Waals surface area contributed by atoms with Gasteiger partial charge in [0.05, 0.1) is 13.7 Å². The Bertz CT molecular complexity index is 539. The van der Waals surface area contributed by atoms with Crippen LogP contribution in [0.4, 0.5) is 0 Å². The monoisotopic (exact) mass is 242 g/mol. The number of aromatic hydroxyl groups is 1. The summed E-state index contributed by atoms with van der Waals surface area (Å²) in [6, 6.07) is 9.12. The van der Waals surface area contributed by atoms with Gasteiger partial charge in [0.2, 0.25) is 0 Å². The molecule has 2 rings (SSSR count). The van der Waals surface area contributed by atoms with Crippen LogP contribution in [0.25, 0.3) is 0 Å². The van der Waals surface area contributed by atoms with Gasteiger partial charge in [0.1, 0.15) is 0 Å². The van der Waals surface area contributed by atoms with Gasteiger partial charge >= 0.3 is 0 Å². The molecule has 0 aliphatic carbocycles. The first kappa shape index (κ1) is 12.1. The third-order valence-corrected chi connectivity index (χ3v) is 2.48. The van der Waals surface area contributed by atoms with Crippen LogP contribution >= 0.6 is 0 Å². The van der Waals surface area contributed by atoms with Crippen molar-refractivity contribution in [2.75, 3.05) is 7.11 Å². The lowest BCUT2D eigenvalue weighted by Crippen LogP contribution is -1.89. The van der Waals surface area contributed by atoms with Gasteiger partial charge in [-0.15, -0.1) is 0 Å². The molecule has 1 N–H and O–H groups in total. The van der Waals surface area contributed by atoms with Crippen molar-refractivity contribution in [3.63, 3.8) is 0 Å². The van der Waals surface area contributed by atoms with Crippen LogP contribution in [0.3, 0.4) is 0 Å². The lowest BCUT2D eigenvalue weighted by molar-refractivity contribution is 0.373. The second kappa shape index (κ2) is 5.82. The number of methoxy groups -OCH3 is 1. The van der Waals surface area contributed by atoms with Crippen LogP contribution in [-0.2, 0) is 6.54 Å². The Labute approximate surface area is 106 Å². The molecule has 1 aromatic carbocycles. The highest BCUT2D eigenvalue weighted by atomic mass is 16.5. The molecule has 0 amide bonds. The number of ether oxygens (including phenoxy) is 1. The first-order valence-electron chi connectivity index (χ1n) is 5.56. The van der Waals surface area contributed by atoms with E-state index in [-0.39, 0.29) is 5.75 Å². The molecule has 0 fully saturated rings. The van der Waals surface area contributed by atoms with E-state index in [1.807, 2.05) is 18.2 Å². The minimum atomic E-state index is 0.106. The highest BCUT2D eigenvalue weighted by Gasteiger charge is 2.04. The molecule has 2 aromatic rings. The van der Waals surface area contributed by atoms with Crippen LogP contribution in [0.1, 0.15) is 11.1 Å². The molecule has 0 atom stereocenters. The van der Waals surface area contributed by atoms with E-state index in [1.165, 1.54) is 7.11 Å². The van der Waals surface area contributed by atoms with Crippen LogP contribution in [0.5, 0.6) is 11.5 Å². The van der Waals surface area contributed by atoms with Crippen molar-refractivity contribution < 1.29 is 9.84 Å². The fourth-order valence-electron chi connectivity index (χ4n) is 1.55. The van der Waals surface area contributed by atoms with Crippen LogP contribution in [0, 0.1) is 0 Å². The van der Waals surface area contributed by atoms with Gasteiger partial charge in [-0.3, -0.25) is 9.98 Å².